The number of rotatable bonds is 0. The molecule has 0 aliphatic carbocycles. The van der Waals surface area contributed by atoms with Crippen LogP contribution in [0.15, 0.2) is 11.3 Å². The summed E-state index contributed by atoms with van der Waals surface area (Å²) in [4.78, 5) is 0. The summed E-state index contributed by atoms with van der Waals surface area (Å²) in [7, 11) is 0. The normalized spacial score (nSPS) is 31.9. The molecule has 0 aromatic carbocycles. The SMILES string of the molecule is OC1CSCC2=C1CCO2. The third kappa shape index (κ3) is 0.935. The molecule has 0 saturated carbocycles. The Morgan fingerprint density at radius 1 is 1.60 bits per heavy atom. The molecule has 1 atom stereocenters. The molecular weight excluding hydrogens is 148 g/mol. The second kappa shape index (κ2) is 2.47. The Morgan fingerprint density at radius 2 is 2.50 bits per heavy atom. The van der Waals surface area contributed by atoms with Crippen molar-refractivity contribution in [2.75, 3.05) is 18.1 Å². The zero-order valence-electron chi connectivity index (χ0n) is 5.67. The number of ether oxygens (including phenoxy) is 1. The Hall–Kier alpha value is -0.150. The van der Waals surface area contributed by atoms with Crippen molar-refractivity contribution >= 4 is 11.8 Å². The predicted molar refractivity (Wildman–Crippen MR) is 40.9 cm³/mol. The summed E-state index contributed by atoms with van der Waals surface area (Å²) in [5.74, 6) is 2.86. The molecule has 2 aliphatic rings. The number of aliphatic hydroxyl groups is 1. The quantitative estimate of drug-likeness (QED) is 0.564. The van der Waals surface area contributed by atoms with Gasteiger partial charge in [0, 0.05) is 17.7 Å². The zero-order chi connectivity index (χ0) is 6.97. The lowest BCUT2D eigenvalue weighted by atomic mass is 10.1. The van der Waals surface area contributed by atoms with Crippen molar-refractivity contribution < 1.29 is 9.84 Å². The molecule has 2 rings (SSSR count). The van der Waals surface area contributed by atoms with Crippen LogP contribution in [0.5, 0.6) is 0 Å². The minimum Gasteiger partial charge on any atom is -0.497 e. The summed E-state index contributed by atoms with van der Waals surface area (Å²) in [5, 5.41) is 9.42. The van der Waals surface area contributed by atoms with Crippen molar-refractivity contribution in [3.63, 3.8) is 0 Å². The summed E-state index contributed by atoms with van der Waals surface area (Å²) in [5.41, 5.74) is 1.15. The first kappa shape index (κ1) is 6.55. The maximum Gasteiger partial charge on any atom is 0.108 e. The van der Waals surface area contributed by atoms with Crippen molar-refractivity contribution in [2.45, 2.75) is 12.5 Å². The molecule has 0 bridgehead atoms. The van der Waals surface area contributed by atoms with Crippen LogP contribution in [0, 0.1) is 0 Å². The van der Waals surface area contributed by atoms with Crippen LogP contribution in [0.2, 0.25) is 0 Å². The molecule has 3 heteroatoms. The molecule has 0 amide bonds. The molecule has 0 aromatic rings. The summed E-state index contributed by atoms with van der Waals surface area (Å²) < 4.78 is 5.33. The maximum atomic E-state index is 9.42. The van der Waals surface area contributed by atoms with Gasteiger partial charge in [0.2, 0.25) is 0 Å². The lowest BCUT2D eigenvalue weighted by Crippen LogP contribution is -2.18. The second-order valence-electron chi connectivity index (χ2n) is 2.58. The fraction of sp³-hybridized carbons (Fsp3) is 0.714. The molecule has 0 aromatic heterocycles. The highest BCUT2D eigenvalue weighted by molar-refractivity contribution is 7.99. The van der Waals surface area contributed by atoms with E-state index in [-0.39, 0.29) is 6.10 Å². The third-order valence-electron chi connectivity index (χ3n) is 1.92. The van der Waals surface area contributed by atoms with Crippen LogP contribution in [-0.2, 0) is 4.74 Å². The lowest BCUT2D eigenvalue weighted by Gasteiger charge is -2.17. The van der Waals surface area contributed by atoms with Crippen LogP contribution in [0.1, 0.15) is 6.42 Å². The summed E-state index contributed by atoms with van der Waals surface area (Å²) in [6, 6.07) is 0. The van der Waals surface area contributed by atoms with Gasteiger partial charge < -0.3 is 9.84 Å². The number of hydrogen-bond donors (Lipinski definition) is 1. The van der Waals surface area contributed by atoms with E-state index in [2.05, 4.69) is 0 Å². The van der Waals surface area contributed by atoms with Crippen LogP contribution in [0.25, 0.3) is 0 Å². The second-order valence-corrected chi connectivity index (χ2v) is 3.61. The fourth-order valence-corrected chi connectivity index (χ4v) is 2.36. The van der Waals surface area contributed by atoms with E-state index in [9.17, 15) is 5.11 Å². The lowest BCUT2D eigenvalue weighted by molar-refractivity contribution is 0.228. The molecule has 2 aliphatic heterocycles. The monoisotopic (exact) mass is 158 g/mol. The average molecular weight is 158 g/mol. The van der Waals surface area contributed by atoms with Gasteiger partial charge in [-0.15, -0.1) is 0 Å². The number of hydrogen-bond acceptors (Lipinski definition) is 3. The van der Waals surface area contributed by atoms with Crippen LogP contribution in [0.3, 0.4) is 0 Å². The highest BCUT2D eigenvalue weighted by atomic mass is 32.2. The highest BCUT2D eigenvalue weighted by Gasteiger charge is 2.26. The molecule has 0 saturated heterocycles. The Morgan fingerprint density at radius 3 is 3.30 bits per heavy atom. The van der Waals surface area contributed by atoms with Gasteiger partial charge in [-0.2, -0.15) is 11.8 Å². The predicted octanol–water partition coefficient (Wildman–Crippen LogP) is 0.768. The van der Waals surface area contributed by atoms with Crippen molar-refractivity contribution in [1.29, 1.82) is 0 Å². The highest BCUT2D eigenvalue weighted by Crippen LogP contribution is 2.31. The molecule has 1 N–H and O–H groups in total. The van der Waals surface area contributed by atoms with E-state index < -0.39 is 0 Å². The first-order valence-corrected chi connectivity index (χ1v) is 4.64. The van der Waals surface area contributed by atoms with Crippen molar-refractivity contribution in [1.82, 2.24) is 0 Å². The van der Waals surface area contributed by atoms with E-state index in [1.54, 1.807) is 11.8 Å². The summed E-state index contributed by atoms with van der Waals surface area (Å²) in [6.45, 7) is 0.780. The Kier molecular flexibility index (Phi) is 1.62. The van der Waals surface area contributed by atoms with Gasteiger partial charge >= 0.3 is 0 Å². The van der Waals surface area contributed by atoms with Crippen LogP contribution < -0.4 is 0 Å². The van der Waals surface area contributed by atoms with Gasteiger partial charge in [0.1, 0.15) is 5.76 Å². The molecule has 10 heavy (non-hydrogen) atoms. The topological polar surface area (TPSA) is 29.5 Å². The van der Waals surface area contributed by atoms with E-state index in [1.807, 2.05) is 0 Å². The van der Waals surface area contributed by atoms with Gasteiger partial charge in [0.25, 0.3) is 0 Å². The average Bonchev–Trinajstić information content (AvgIpc) is 2.36. The molecule has 56 valence electrons. The van der Waals surface area contributed by atoms with Crippen molar-refractivity contribution in [2.24, 2.45) is 0 Å². The first-order valence-electron chi connectivity index (χ1n) is 3.48. The summed E-state index contributed by atoms with van der Waals surface area (Å²) >= 11 is 1.75. The number of thioether (sulfide) groups is 1. The fourth-order valence-electron chi connectivity index (χ4n) is 1.37. The minimum atomic E-state index is -0.226. The Bertz CT molecular complexity index is 176. The van der Waals surface area contributed by atoms with Gasteiger partial charge in [-0.05, 0) is 0 Å². The molecular formula is C7H10O2S. The Labute approximate surface area is 64.3 Å². The molecule has 1 unspecified atom stereocenters. The van der Waals surface area contributed by atoms with Crippen LogP contribution in [0.4, 0.5) is 0 Å². The van der Waals surface area contributed by atoms with Crippen molar-refractivity contribution in [3.8, 4) is 0 Å². The third-order valence-corrected chi connectivity index (χ3v) is 2.93. The first-order chi connectivity index (χ1) is 4.88. The molecule has 0 spiro atoms. The van der Waals surface area contributed by atoms with E-state index in [4.69, 9.17) is 4.74 Å². The Balaban J connectivity index is 2.22. The van der Waals surface area contributed by atoms with E-state index in [1.165, 1.54) is 0 Å². The van der Waals surface area contributed by atoms with Gasteiger partial charge in [-0.1, -0.05) is 0 Å². The van der Waals surface area contributed by atoms with Gasteiger partial charge in [-0.3, -0.25) is 0 Å². The molecule has 0 fully saturated rings. The molecule has 2 nitrogen and oxygen atoms in total. The standard InChI is InChI=1S/C7H10O2S/c8-6-3-10-4-7-5(6)1-2-9-7/h6,8H,1-4H2. The van der Waals surface area contributed by atoms with E-state index >= 15 is 0 Å². The largest absolute Gasteiger partial charge is 0.497 e. The number of aliphatic hydroxyl groups excluding tert-OH is 1. The maximum absolute atomic E-state index is 9.42. The van der Waals surface area contributed by atoms with Gasteiger partial charge in [0.15, 0.2) is 0 Å². The zero-order valence-corrected chi connectivity index (χ0v) is 6.49. The summed E-state index contributed by atoms with van der Waals surface area (Å²) in [6.07, 6.45) is 0.716. The van der Waals surface area contributed by atoms with Crippen LogP contribution >= 0.6 is 11.8 Å². The van der Waals surface area contributed by atoms with E-state index in [0.717, 1.165) is 35.9 Å². The molecule has 0 radical (unpaired) electrons. The minimum absolute atomic E-state index is 0.226. The molecule has 2 heterocycles. The van der Waals surface area contributed by atoms with E-state index in [0.29, 0.717) is 0 Å². The van der Waals surface area contributed by atoms with Gasteiger partial charge in [0.05, 0.1) is 18.5 Å². The smallest absolute Gasteiger partial charge is 0.108 e. The van der Waals surface area contributed by atoms with Crippen LogP contribution in [-0.4, -0.2) is 29.3 Å². The van der Waals surface area contributed by atoms with Gasteiger partial charge in [-0.25, -0.2) is 0 Å². The van der Waals surface area contributed by atoms with Crippen molar-refractivity contribution in [3.05, 3.63) is 11.3 Å².